The second-order valence-electron chi connectivity index (χ2n) is 5.49. The van der Waals surface area contributed by atoms with Crippen molar-refractivity contribution in [3.63, 3.8) is 0 Å². The van der Waals surface area contributed by atoms with Crippen molar-refractivity contribution in [1.29, 1.82) is 0 Å². The molecule has 0 aromatic rings. The standard InChI is InChI=1S/C15H26O4/c1-3-12-4-6-13(7-5-12)14(9-17)10-19-15(18)11(2)8-16/h12-14,16-17H,2-10H2,1H3. The third-order valence-electron chi connectivity index (χ3n) is 4.28. The Kier molecular flexibility index (Phi) is 7.10. The van der Waals surface area contributed by atoms with E-state index in [1.165, 1.54) is 19.3 Å². The number of aliphatic hydroxyl groups is 2. The van der Waals surface area contributed by atoms with Gasteiger partial charge < -0.3 is 14.9 Å². The van der Waals surface area contributed by atoms with Gasteiger partial charge in [0.1, 0.15) is 0 Å². The summed E-state index contributed by atoms with van der Waals surface area (Å²) in [5, 5.41) is 18.2. The Bertz CT molecular complexity index is 293. The largest absolute Gasteiger partial charge is 0.462 e. The summed E-state index contributed by atoms with van der Waals surface area (Å²) in [6.45, 7) is 5.52. The van der Waals surface area contributed by atoms with Crippen LogP contribution < -0.4 is 0 Å². The topological polar surface area (TPSA) is 66.8 Å². The van der Waals surface area contributed by atoms with E-state index in [1.54, 1.807) is 0 Å². The van der Waals surface area contributed by atoms with Crippen molar-refractivity contribution < 1.29 is 19.7 Å². The Hall–Kier alpha value is -0.870. The molecule has 1 fully saturated rings. The summed E-state index contributed by atoms with van der Waals surface area (Å²) in [6.07, 6.45) is 5.83. The number of carbonyl (C=O) groups excluding carboxylic acids is 1. The highest BCUT2D eigenvalue weighted by atomic mass is 16.5. The van der Waals surface area contributed by atoms with Gasteiger partial charge in [0.15, 0.2) is 0 Å². The van der Waals surface area contributed by atoms with Crippen molar-refractivity contribution in [2.75, 3.05) is 19.8 Å². The SMILES string of the molecule is C=C(CO)C(=O)OCC(CO)C1CCC(CC)CC1. The minimum Gasteiger partial charge on any atom is -0.462 e. The fourth-order valence-electron chi connectivity index (χ4n) is 2.76. The van der Waals surface area contributed by atoms with Gasteiger partial charge in [-0.1, -0.05) is 32.8 Å². The zero-order chi connectivity index (χ0) is 14.3. The normalized spacial score (nSPS) is 24.8. The number of hydrogen-bond acceptors (Lipinski definition) is 4. The van der Waals surface area contributed by atoms with Gasteiger partial charge in [-0.3, -0.25) is 0 Å². The molecule has 0 spiro atoms. The van der Waals surface area contributed by atoms with E-state index in [4.69, 9.17) is 9.84 Å². The van der Waals surface area contributed by atoms with Crippen LogP contribution >= 0.6 is 0 Å². The highest BCUT2D eigenvalue weighted by Gasteiger charge is 2.27. The molecule has 0 amide bonds. The maximum absolute atomic E-state index is 11.4. The Morgan fingerprint density at radius 1 is 1.32 bits per heavy atom. The molecule has 0 radical (unpaired) electrons. The van der Waals surface area contributed by atoms with Crippen molar-refractivity contribution >= 4 is 5.97 Å². The zero-order valence-corrected chi connectivity index (χ0v) is 11.8. The van der Waals surface area contributed by atoms with E-state index in [0.717, 1.165) is 18.8 Å². The van der Waals surface area contributed by atoms with Gasteiger partial charge in [0.05, 0.1) is 18.8 Å². The molecule has 1 aliphatic rings. The molecule has 2 N–H and O–H groups in total. The molecule has 0 saturated heterocycles. The highest BCUT2D eigenvalue weighted by Crippen LogP contribution is 2.34. The molecule has 0 heterocycles. The lowest BCUT2D eigenvalue weighted by atomic mass is 9.75. The van der Waals surface area contributed by atoms with Crippen LogP contribution in [0.15, 0.2) is 12.2 Å². The molecule has 1 rings (SSSR count). The molecule has 0 aromatic carbocycles. The first kappa shape index (κ1) is 16.2. The highest BCUT2D eigenvalue weighted by molar-refractivity contribution is 5.87. The molecule has 0 aromatic heterocycles. The van der Waals surface area contributed by atoms with Gasteiger partial charge in [0, 0.05) is 12.5 Å². The van der Waals surface area contributed by atoms with Crippen molar-refractivity contribution in [1.82, 2.24) is 0 Å². The molecular formula is C15H26O4. The van der Waals surface area contributed by atoms with Crippen LogP contribution in [0.25, 0.3) is 0 Å². The van der Waals surface area contributed by atoms with Gasteiger partial charge in [-0.15, -0.1) is 0 Å². The molecule has 0 aliphatic heterocycles. The number of ether oxygens (including phenoxy) is 1. The first-order valence-electron chi connectivity index (χ1n) is 7.18. The summed E-state index contributed by atoms with van der Waals surface area (Å²) >= 11 is 0. The molecule has 1 aliphatic carbocycles. The summed E-state index contributed by atoms with van der Waals surface area (Å²) in [5.74, 6) is 0.687. The van der Waals surface area contributed by atoms with Crippen molar-refractivity contribution in [2.45, 2.75) is 39.0 Å². The van der Waals surface area contributed by atoms with Crippen LogP contribution in [0.4, 0.5) is 0 Å². The molecule has 4 nitrogen and oxygen atoms in total. The van der Waals surface area contributed by atoms with Crippen LogP contribution in [0.2, 0.25) is 0 Å². The lowest BCUT2D eigenvalue weighted by Crippen LogP contribution is -2.29. The number of hydrogen-bond donors (Lipinski definition) is 2. The van der Waals surface area contributed by atoms with Crippen LogP contribution in [0.1, 0.15) is 39.0 Å². The lowest BCUT2D eigenvalue weighted by Gasteiger charge is -2.32. The van der Waals surface area contributed by atoms with Gasteiger partial charge >= 0.3 is 5.97 Å². The van der Waals surface area contributed by atoms with Crippen LogP contribution in [0.3, 0.4) is 0 Å². The third kappa shape index (κ3) is 4.96. The minimum absolute atomic E-state index is 0.00764. The fraction of sp³-hybridized carbons (Fsp3) is 0.800. The van der Waals surface area contributed by atoms with E-state index in [-0.39, 0.29) is 31.3 Å². The van der Waals surface area contributed by atoms with Gasteiger partial charge in [-0.25, -0.2) is 4.79 Å². The second-order valence-corrected chi connectivity index (χ2v) is 5.49. The second kappa shape index (κ2) is 8.33. The number of carbonyl (C=O) groups is 1. The summed E-state index contributed by atoms with van der Waals surface area (Å²) in [5.41, 5.74) is 0.0615. The van der Waals surface area contributed by atoms with Gasteiger partial charge in [0.2, 0.25) is 0 Å². The number of aliphatic hydroxyl groups excluding tert-OH is 2. The number of esters is 1. The quantitative estimate of drug-likeness (QED) is 0.548. The Labute approximate surface area is 115 Å². The summed E-state index contributed by atoms with van der Waals surface area (Å²) in [4.78, 5) is 11.4. The molecule has 1 unspecified atom stereocenters. The minimum atomic E-state index is -0.566. The molecular weight excluding hydrogens is 244 g/mol. The monoisotopic (exact) mass is 270 g/mol. The Balaban J connectivity index is 2.37. The molecule has 4 heteroatoms. The van der Waals surface area contributed by atoms with Crippen LogP contribution in [-0.4, -0.2) is 36.0 Å². The summed E-state index contributed by atoms with van der Waals surface area (Å²) in [7, 11) is 0. The predicted molar refractivity (Wildman–Crippen MR) is 73.5 cm³/mol. The van der Waals surface area contributed by atoms with Gasteiger partial charge in [0.25, 0.3) is 0 Å². The molecule has 19 heavy (non-hydrogen) atoms. The van der Waals surface area contributed by atoms with Crippen molar-refractivity contribution in [2.24, 2.45) is 17.8 Å². The maximum atomic E-state index is 11.4. The molecule has 110 valence electrons. The van der Waals surface area contributed by atoms with E-state index in [2.05, 4.69) is 13.5 Å². The van der Waals surface area contributed by atoms with Crippen LogP contribution in [0.5, 0.6) is 0 Å². The summed E-state index contributed by atoms with van der Waals surface area (Å²) in [6, 6.07) is 0. The van der Waals surface area contributed by atoms with Crippen LogP contribution in [-0.2, 0) is 9.53 Å². The molecule has 0 bridgehead atoms. The predicted octanol–water partition coefficient (Wildman–Crippen LogP) is 1.90. The van der Waals surface area contributed by atoms with E-state index in [9.17, 15) is 9.90 Å². The van der Waals surface area contributed by atoms with E-state index < -0.39 is 5.97 Å². The fourth-order valence-corrected chi connectivity index (χ4v) is 2.76. The van der Waals surface area contributed by atoms with Crippen molar-refractivity contribution in [3.8, 4) is 0 Å². The first-order valence-corrected chi connectivity index (χ1v) is 7.18. The van der Waals surface area contributed by atoms with Gasteiger partial charge in [-0.05, 0) is 24.7 Å². The maximum Gasteiger partial charge on any atom is 0.335 e. The first-order chi connectivity index (χ1) is 9.12. The smallest absolute Gasteiger partial charge is 0.335 e. The van der Waals surface area contributed by atoms with Crippen molar-refractivity contribution in [3.05, 3.63) is 12.2 Å². The Morgan fingerprint density at radius 2 is 1.95 bits per heavy atom. The zero-order valence-electron chi connectivity index (χ0n) is 11.8. The van der Waals surface area contributed by atoms with E-state index >= 15 is 0 Å². The third-order valence-corrected chi connectivity index (χ3v) is 4.28. The average molecular weight is 270 g/mol. The van der Waals surface area contributed by atoms with E-state index in [0.29, 0.717) is 5.92 Å². The average Bonchev–Trinajstić information content (AvgIpc) is 2.47. The van der Waals surface area contributed by atoms with Crippen LogP contribution in [0, 0.1) is 17.8 Å². The number of rotatable bonds is 7. The van der Waals surface area contributed by atoms with E-state index in [1.807, 2.05) is 0 Å². The molecule has 1 atom stereocenters. The summed E-state index contributed by atoms with van der Waals surface area (Å²) < 4.78 is 5.10. The van der Waals surface area contributed by atoms with Gasteiger partial charge in [-0.2, -0.15) is 0 Å². The Morgan fingerprint density at radius 3 is 2.42 bits per heavy atom. The lowest BCUT2D eigenvalue weighted by molar-refractivity contribution is -0.142. The molecule has 1 saturated carbocycles.